The zero-order valence-corrected chi connectivity index (χ0v) is 17.3. The Morgan fingerprint density at radius 3 is 2.65 bits per heavy atom. The van der Waals surface area contributed by atoms with Gasteiger partial charge in [0, 0.05) is 30.7 Å². The minimum atomic E-state index is -0.793. The molecule has 0 radical (unpaired) electrons. The Hall–Kier alpha value is -3.56. The molecule has 2 N–H and O–H groups in total. The lowest BCUT2D eigenvalue weighted by atomic mass is 10.1. The highest BCUT2D eigenvalue weighted by atomic mass is 19.1. The lowest BCUT2D eigenvalue weighted by Crippen LogP contribution is -2.40. The Bertz CT molecular complexity index is 1270. The number of benzene rings is 2. The molecule has 0 spiro atoms. The lowest BCUT2D eigenvalue weighted by molar-refractivity contribution is 0.000986. The Balaban J connectivity index is 1.61. The van der Waals surface area contributed by atoms with Crippen molar-refractivity contribution in [1.82, 2.24) is 20.0 Å². The van der Waals surface area contributed by atoms with Gasteiger partial charge in [-0.05, 0) is 55.5 Å². The van der Waals surface area contributed by atoms with Crippen molar-refractivity contribution in [3.05, 3.63) is 70.9 Å². The molecule has 2 atom stereocenters. The minimum absolute atomic E-state index is 0.303. The van der Waals surface area contributed by atoms with Gasteiger partial charge in [-0.2, -0.15) is 0 Å². The van der Waals surface area contributed by atoms with E-state index in [0.29, 0.717) is 22.2 Å². The van der Waals surface area contributed by atoms with Gasteiger partial charge < -0.3 is 19.7 Å². The van der Waals surface area contributed by atoms with Crippen LogP contribution in [0.15, 0.2) is 59.5 Å². The van der Waals surface area contributed by atoms with Crippen LogP contribution in [0.4, 0.5) is 10.1 Å². The molecule has 31 heavy (non-hydrogen) atoms. The van der Waals surface area contributed by atoms with Gasteiger partial charge >= 0.3 is 0 Å². The molecule has 2 aromatic heterocycles. The first-order chi connectivity index (χ1) is 14.9. The third-order valence-corrected chi connectivity index (χ3v) is 5.29. The second-order valence-corrected chi connectivity index (χ2v) is 7.27. The van der Waals surface area contributed by atoms with E-state index in [1.54, 1.807) is 42.9 Å². The second kappa shape index (κ2) is 8.29. The van der Waals surface area contributed by atoms with E-state index in [1.807, 2.05) is 24.3 Å². The van der Waals surface area contributed by atoms with Gasteiger partial charge in [0.25, 0.3) is 5.56 Å². The van der Waals surface area contributed by atoms with Gasteiger partial charge in [-0.3, -0.25) is 4.79 Å². The SMILES string of the molecule is CO[C@@H](C)C(O)N(C)c1ccc(-n2cc(-c3cc4cc(F)ccc4[nH]c3=O)nn2)cc1. The first kappa shape index (κ1) is 20.7. The van der Waals surface area contributed by atoms with E-state index in [0.717, 1.165) is 11.4 Å². The molecule has 0 aliphatic rings. The van der Waals surface area contributed by atoms with E-state index in [1.165, 1.54) is 18.2 Å². The van der Waals surface area contributed by atoms with Crippen LogP contribution in [0.2, 0.25) is 0 Å². The maximum absolute atomic E-state index is 13.6. The zero-order valence-electron chi connectivity index (χ0n) is 17.3. The lowest BCUT2D eigenvalue weighted by Gasteiger charge is -2.29. The number of rotatable bonds is 6. The Labute approximate surface area is 177 Å². The molecule has 0 aliphatic heterocycles. The summed E-state index contributed by atoms with van der Waals surface area (Å²) in [6.45, 7) is 1.79. The van der Waals surface area contributed by atoms with Crippen LogP contribution in [-0.2, 0) is 4.74 Å². The van der Waals surface area contributed by atoms with Crippen LogP contribution in [0.3, 0.4) is 0 Å². The summed E-state index contributed by atoms with van der Waals surface area (Å²) in [6, 6.07) is 13.1. The van der Waals surface area contributed by atoms with Gasteiger partial charge in [0.05, 0.1) is 23.6 Å². The fourth-order valence-electron chi connectivity index (χ4n) is 3.31. The topological polar surface area (TPSA) is 96.3 Å². The number of fused-ring (bicyclic) bond motifs is 1. The standard InChI is InChI=1S/C22H22FN5O3/c1-13(31-3)22(30)27(2)16-5-7-17(8-6-16)28-12-20(25-26-28)18-11-14-10-15(23)4-9-19(14)24-21(18)29/h4-13,22,30H,1-3H3,(H,24,29)/t13-,22?/m0/s1. The Morgan fingerprint density at radius 1 is 1.19 bits per heavy atom. The van der Waals surface area contributed by atoms with Crippen LogP contribution in [0.25, 0.3) is 27.8 Å². The molecule has 2 aromatic carbocycles. The number of nitrogens with zero attached hydrogens (tertiary/aromatic N) is 4. The molecular formula is C22H22FN5O3. The third kappa shape index (κ3) is 4.05. The summed E-state index contributed by atoms with van der Waals surface area (Å²) in [7, 11) is 3.32. The predicted molar refractivity (Wildman–Crippen MR) is 116 cm³/mol. The van der Waals surface area contributed by atoms with Gasteiger partial charge in [0.2, 0.25) is 0 Å². The van der Waals surface area contributed by atoms with Gasteiger partial charge in [-0.1, -0.05) is 5.21 Å². The van der Waals surface area contributed by atoms with Crippen molar-refractivity contribution >= 4 is 16.6 Å². The van der Waals surface area contributed by atoms with Gasteiger partial charge in [0.15, 0.2) is 6.23 Å². The fraction of sp³-hybridized carbons (Fsp3) is 0.227. The molecule has 0 bridgehead atoms. The fourth-order valence-corrected chi connectivity index (χ4v) is 3.31. The Morgan fingerprint density at radius 2 is 1.94 bits per heavy atom. The maximum Gasteiger partial charge on any atom is 0.258 e. The number of aromatic amines is 1. The van der Waals surface area contributed by atoms with E-state index in [9.17, 15) is 14.3 Å². The highest BCUT2D eigenvalue weighted by Gasteiger charge is 2.19. The van der Waals surface area contributed by atoms with Gasteiger partial charge in [-0.25, -0.2) is 9.07 Å². The smallest absolute Gasteiger partial charge is 0.258 e. The number of aromatic nitrogens is 4. The Kier molecular flexibility index (Phi) is 5.53. The summed E-state index contributed by atoms with van der Waals surface area (Å²) in [5, 5.41) is 19.1. The van der Waals surface area contributed by atoms with Crippen LogP contribution in [0, 0.1) is 5.82 Å². The number of pyridine rings is 1. The number of ether oxygens (including phenoxy) is 1. The van der Waals surface area contributed by atoms with Gasteiger partial charge in [-0.15, -0.1) is 5.10 Å². The molecule has 4 aromatic rings. The van der Waals surface area contributed by atoms with E-state index in [4.69, 9.17) is 4.74 Å². The molecule has 1 unspecified atom stereocenters. The van der Waals surface area contributed by atoms with E-state index < -0.39 is 6.23 Å². The molecule has 0 saturated heterocycles. The van der Waals surface area contributed by atoms with Crippen molar-refractivity contribution in [1.29, 1.82) is 0 Å². The molecule has 0 saturated carbocycles. The van der Waals surface area contributed by atoms with E-state index in [2.05, 4.69) is 15.3 Å². The van der Waals surface area contributed by atoms with Crippen molar-refractivity contribution in [2.24, 2.45) is 0 Å². The van der Waals surface area contributed by atoms with Crippen molar-refractivity contribution in [2.45, 2.75) is 19.3 Å². The quantitative estimate of drug-likeness (QED) is 0.463. The molecule has 0 aliphatic carbocycles. The molecular weight excluding hydrogens is 401 g/mol. The van der Waals surface area contributed by atoms with Crippen LogP contribution in [0.5, 0.6) is 0 Å². The first-order valence-corrected chi connectivity index (χ1v) is 9.67. The number of nitrogens with one attached hydrogen (secondary N) is 1. The number of H-pyrrole nitrogens is 1. The minimum Gasteiger partial charge on any atom is -0.377 e. The average molecular weight is 423 g/mol. The summed E-state index contributed by atoms with van der Waals surface area (Å²) in [5.41, 5.74) is 2.42. The third-order valence-electron chi connectivity index (χ3n) is 5.29. The van der Waals surface area contributed by atoms with Crippen molar-refractivity contribution in [3.8, 4) is 16.9 Å². The van der Waals surface area contributed by atoms with Crippen LogP contribution in [0.1, 0.15) is 6.92 Å². The monoisotopic (exact) mass is 423 g/mol. The number of aliphatic hydroxyl groups is 1. The number of hydrogen-bond acceptors (Lipinski definition) is 6. The first-order valence-electron chi connectivity index (χ1n) is 9.67. The van der Waals surface area contributed by atoms with Crippen molar-refractivity contribution in [3.63, 3.8) is 0 Å². The number of methoxy groups -OCH3 is 1. The zero-order chi connectivity index (χ0) is 22.1. The molecule has 2 heterocycles. The van der Waals surface area contributed by atoms with Crippen molar-refractivity contribution in [2.75, 3.05) is 19.1 Å². The van der Waals surface area contributed by atoms with E-state index >= 15 is 0 Å². The largest absolute Gasteiger partial charge is 0.377 e. The second-order valence-electron chi connectivity index (χ2n) is 7.27. The predicted octanol–water partition coefficient (Wildman–Crippen LogP) is 2.70. The molecule has 9 heteroatoms. The van der Waals surface area contributed by atoms with Gasteiger partial charge in [0.1, 0.15) is 11.5 Å². The summed E-state index contributed by atoms with van der Waals surface area (Å²) < 4.78 is 20.3. The number of likely N-dealkylation sites (N-methyl/N-ethyl adjacent to an activating group) is 1. The van der Waals surface area contributed by atoms with Crippen LogP contribution < -0.4 is 10.5 Å². The molecule has 0 fully saturated rings. The molecule has 160 valence electrons. The van der Waals surface area contributed by atoms with Crippen molar-refractivity contribution < 1.29 is 14.2 Å². The number of halogens is 1. The average Bonchev–Trinajstić information content (AvgIpc) is 3.27. The summed E-state index contributed by atoms with van der Waals surface area (Å²) in [5.74, 6) is -0.385. The molecule has 4 rings (SSSR count). The van der Waals surface area contributed by atoms with Crippen LogP contribution in [-0.4, -0.2) is 51.6 Å². The normalized spacial score (nSPS) is 13.3. The van der Waals surface area contributed by atoms with Crippen LogP contribution >= 0.6 is 0 Å². The number of aliphatic hydroxyl groups excluding tert-OH is 1. The number of hydrogen-bond donors (Lipinski definition) is 2. The maximum atomic E-state index is 13.6. The summed E-state index contributed by atoms with van der Waals surface area (Å²) in [6.07, 6.45) is 0.491. The number of anilines is 1. The summed E-state index contributed by atoms with van der Waals surface area (Å²) >= 11 is 0. The molecule has 8 nitrogen and oxygen atoms in total. The highest BCUT2D eigenvalue weighted by molar-refractivity contribution is 5.82. The molecule has 0 amide bonds. The van der Waals surface area contributed by atoms with E-state index in [-0.39, 0.29) is 17.5 Å². The summed E-state index contributed by atoms with van der Waals surface area (Å²) in [4.78, 5) is 16.9. The highest BCUT2D eigenvalue weighted by Crippen LogP contribution is 2.22.